The summed E-state index contributed by atoms with van der Waals surface area (Å²) in [6.45, 7) is 0. The van der Waals surface area contributed by atoms with Gasteiger partial charge in [0, 0.05) is 33.0 Å². The van der Waals surface area contributed by atoms with Crippen LogP contribution in [0.25, 0.3) is 111 Å². The lowest BCUT2D eigenvalue weighted by Gasteiger charge is -2.15. The highest BCUT2D eigenvalue weighted by Gasteiger charge is 2.21. The average molecular weight is 702 g/mol. The minimum absolute atomic E-state index is 0.630. The van der Waals surface area contributed by atoms with Crippen molar-refractivity contribution in [3.63, 3.8) is 0 Å². The molecule has 0 saturated carbocycles. The molecule has 4 heteroatoms. The SMILES string of the molecule is c1ccc(-c2nc(-c3ccc4ccccc4c3)nc(-c3ccc(-c4ccc(-c5cccc6ccccc56)c5oc6ccccc6c45)c4ccccc34)n2)cc1. The molecule has 11 aromatic rings. The maximum Gasteiger partial charge on any atom is 0.164 e. The zero-order chi connectivity index (χ0) is 36.3. The third-order valence-electron chi connectivity index (χ3n) is 10.7. The van der Waals surface area contributed by atoms with E-state index in [0.717, 1.165) is 77.0 Å². The zero-order valence-corrected chi connectivity index (χ0v) is 29.6. The van der Waals surface area contributed by atoms with Crippen LogP contribution >= 0.6 is 0 Å². The Bertz CT molecular complexity index is 3270. The van der Waals surface area contributed by atoms with Crippen molar-refractivity contribution in [3.8, 4) is 56.4 Å². The number of aromatic nitrogens is 3. The molecule has 0 aliphatic carbocycles. The van der Waals surface area contributed by atoms with Gasteiger partial charge < -0.3 is 4.42 Å². The molecule has 55 heavy (non-hydrogen) atoms. The molecule has 4 nitrogen and oxygen atoms in total. The lowest BCUT2D eigenvalue weighted by molar-refractivity contribution is 0.670. The van der Waals surface area contributed by atoms with E-state index in [0.29, 0.717) is 17.5 Å². The van der Waals surface area contributed by atoms with Crippen molar-refractivity contribution in [2.45, 2.75) is 0 Å². The minimum atomic E-state index is 0.630. The first-order valence-electron chi connectivity index (χ1n) is 18.5. The highest BCUT2D eigenvalue weighted by molar-refractivity contribution is 6.20. The highest BCUT2D eigenvalue weighted by Crippen LogP contribution is 2.45. The van der Waals surface area contributed by atoms with Crippen molar-refractivity contribution in [2.24, 2.45) is 0 Å². The molecular weight excluding hydrogens is 671 g/mol. The summed E-state index contributed by atoms with van der Waals surface area (Å²) in [4.78, 5) is 15.3. The number of hydrogen-bond donors (Lipinski definition) is 0. The molecule has 0 bridgehead atoms. The normalized spacial score (nSPS) is 11.6. The van der Waals surface area contributed by atoms with Gasteiger partial charge in [-0.1, -0.05) is 164 Å². The van der Waals surface area contributed by atoms with Crippen molar-refractivity contribution in [1.29, 1.82) is 0 Å². The molecule has 0 unspecified atom stereocenters. The maximum atomic E-state index is 6.76. The van der Waals surface area contributed by atoms with E-state index in [-0.39, 0.29) is 0 Å². The van der Waals surface area contributed by atoms with Gasteiger partial charge in [-0.3, -0.25) is 0 Å². The molecule has 0 radical (unpaired) electrons. The van der Waals surface area contributed by atoms with Crippen LogP contribution in [0.2, 0.25) is 0 Å². The Hall–Kier alpha value is -7.43. The second-order valence-electron chi connectivity index (χ2n) is 13.9. The molecule has 2 aromatic heterocycles. The predicted molar refractivity (Wildman–Crippen MR) is 227 cm³/mol. The molecule has 0 N–H and O–H groups in total. The third-order valence-corrected chi connectivity index (χ3v) is 10.7. The van der Waals surface area contributed by atoms with Gasteiger partial charge in [-0.15, -0.1) is 0 Å². The van der Waals surface area contributed by atoms with Crippen molar-refractivity contribution in [1.82, 2.24) is 15.0 Å². The Labute approximate surface area is 317 Å². The van der Waals surface area contributed by atoms with Gasteiger partial charge in [0.25, 0.3) is 0 Å². The van der Waals surface area contributed by atoms with E-state index in [1.807, 2.05) is 36.4 Å². The predicted octanol–water partition coefficient (Wildman–Crippen LogP) is 13.6. The first-order chi connectivity index (χ1) is 27.3. The summed E-state index contributed by atoms with van der Waals surface area (Å²) >= 11 is 0. The molecule has 2 heterocycles. The van der Waals surface area contributed by atoms with Crippen LogP contribution < -0.4 is 0 Å². The van der Waals surface area contributed by atoms with Crippen molar-refractivity contribution < 1.29 is 4.42 Å². The van der Waals surface area contributed by atoms with Gasteiger partial charge in [-0.05, 0) is 73.3 Å². The van der Waals surface area contributed by atoms with E-state index in [2.05, 4.69) is 152 Å². The molecule has 0 atom stereocenters. The summed E-state index contributed by atoms with van der Waals surface area (Å²) < 4.78 is 6.76. The average Bonchev–Trinajstić information content (AvgIpc) is 3.66. The molecular formula is C51H31N3O. The van der Waals surface area contributed by atoms with E-state index in [4.69, 9.17) is 19.4 Å². The minimum Gasteiger partial charge on any atom is -0.455 e. The second-order valence-corrected chi connectivity index (χ2v) is 13.9. The monoisotopic (exact) mass is 701 g/mol. The summed E-state index contributed by atoms with van der Waals surface area (Å²) in [5.41, 5.74) is 9.04. The van der Waals surface area contributed by atoms with Gasteiger partial charge in [0.15, 0.2) is 17.5 Å². The van der Waals surface area contributed by atoms with Crippen molar-refractivity contribution in [2.75, 3.05) is 0 Å². The number of fused-ring (bicyclic) bond motifs is 6. The van der Waals surface area contributed by atoms with Crippen molar-refractivity contribution >= 4 is 54.3 Å². The standard InChI is InChI=1S/C51H31N3O/c1-2-15-34(16-3-1)49-52-50(36-26-25-32-13-4-5-17-35(32)31-36)54-51(53-49)44-30-27-41(39-20-8-9-21-40(39)44)42-28-29-43(38-23-12-18-33-14-6-7-19-37(33)38)48-47(42)45-22-10-11-24-46(45)55-48/h1-31H. The summed E-state index contributed by atoms with van der Waals surface area (Å²) in [6, 6.07) is 65.7. The molecule has 11 rings (SSSR count). The quantitative estimate of drug-likeness (QED) is 0.179. The number of furan rings is 1. The van der Waals surface area contributed by atoms with E-state index in [1.54, 1.807) is 0 Å². The van der Waals surface area contributed by atoms with Gasteiger partial charge in [0.2, 0.25) is 0 Å². The highest BCUT2D eigenvalue weighted by atomic mass is 16.3. The van der Waals surface area contributed by atoms with Crippen LogP contribution in [-0.2, 0) is 0 Å². The fourth-order valence-electron chi connectivity index (χ4n) is 8.12. The number of para-hydroxylation sites is 1. The second kappa shape index (κ2) is 12.6. The Morgan fingerprint density at radius 1 is 0.309 bits per heavy atom. The van der Waals surface area contributed by atoms with E-state index < -0.39 is 0 Å². The Morgan fingerprint density at radius 3 is 1.71 bits per heavy atom. The Morgan fingerprint density at radius 2 is 0.873 bits per heavy atom. The molecule has 256 valence electrons. The molecule has 0 saturated heterocycles. The lowest BCUT2D eigenvalue weighted by Crippen LogP contribution is -2.01. The van der Waals surface area contributed by atoms with Crippen molar-refractivity contribution in [3.05, 3.63) is 188 Å². The topological polar surface area (TPSA) is 51.8 Å². The Balaban J connectivity index is 1.13. The summed E-state index contributed by atoms with van der Waals surface area (Å²) in [6.07, 6.45) is 0. The van der Waals surface area contributed by atoms with Gasteiger partial charge in [-0.2, -0.15) is 0 Å². The summed E-state index contributed by atoms with van der Waals surface area (Å²) in [7, 11) is 0. The smallest absolute Gasteiger partial charge is 0.164 e. The fraction of sp³-hybridized carbons (Fsp3) is 0. The number of hydrogen-bond acceptors (Lipinski definition) is 4. The van der Waals surface area contributed by atoms with Crippen LogP contribution in [0.1, 0.15) is 0 Å². The van der Waals surface area contributed by atoms with Crippen LogP contribution in [0.15, 0.2) is 192 Å². The number of nitrogens with zero attached hydrogens (tertiary/aromatic N) is 3. The summed E-state index contributed by atoms with van der Waals surface area (Å²) in [5, 5.41) is 9.08. The number of rotatable bonds is 5. The van der Waals surface area contributed by atoms with Crippen LogP contribution in [0.3, 0.4) is 0 Å². The third kappa shape index (κ3) is 5.19. The molecule has 0 aliphatic rings. The first-order valence-corrected chi connectivity index (χ1v) is 18.5. The van der Waals surface area contributed by atoms with Crippen LogP contribution in [-0.4, -0.2) is 15.0 Å². The molecule has 0 amide bonds. The van der Waals surface area contributed by atoms with E-state index in [1.165, 1.54) is 16.2 Å². The van der Waals surface area contributed by atoms with Crippen LogP contribution in [0.5, 0.6) is 0 Å². The Kier molecular flexibility index (Phi) is 7.14. The maximum absolute atomic E-state index is 6.76. The zero-order valence-electron chi connectivity index (χ0n) is 29.6. The van der Waals surface area contributed by atoms with Crippen LogP contribution in [0.4, 0.5) is 0 Å². The molecule has 0 aliphatic heterocycles. The number of benzene rings is 9. The molecule has 0 fully saturated rings. The van der Waals surface area contributed by atoms with Gasteiger partial charge >= 0.3 is 0 Å². The largest absolute Gasteiger partial charge is 0.455 e. The van der Waals surface area contributed by atoms with Gasteiger partial charge in [0.1, 0.15) is 11.2 Å². The van der Waals surface area contributed by atoms with E-state index in [9.17, 15) is 0 Å². The van der Waals surface area contributed by atoms with Gasteiger partial charge in [0.05, 0.1) is 0 Å². The molecule has 0 spiro atoms. The van der Waals surface area contributed by atoms with Gasteiger partial charge in [-0.25, -0.2) is 15.0 Å². The first kappa shape index (κ1) is 31.1. The lowest BCUT2D eigenvalue weighted by atomic mass is 9.89. The molecule has 9 aromatic carbocycles. The fourth-order valence-corrected chi connectivity index (χ4v) is 8.12. The summed E-state index contributed by atoms with van der Waals surface area (Å²) in [5.74, 6) is 1.90. The van der Waals surface area contributed by atoms with E-state index >= 15 is 0 Å². The van der Waals surface area contributed by atoms with Crippen LogP contribution in [0, 0.1) is 0 Å².